The number of piperazine rings is 1. The molecule has 1 saturated heterocycles. The molecule has 7 heteroatoms. The third-order valence-corrected chi connectivity index (χ3v) is 5.00. The van der Waals surface area contributed by atoms with Gasteiger partial charge in [-0.2, -0.15) is 5.26 Å². The third kappa shape index (κ3) is 4.50. The molecular formula is C20H21ClN4O2. The fourth-order valence-corrected chi connectivity index (χ4v) is 3.14. The number of nitrogens with zero attached hydrogens (tertiary/aromatic N) is 4. The number of halogens is 1. The Kier molecular flexibility index (Phi) is 5.82. The Labute approximate surface area is 163 Å². The van der Waals surface area contributed by atoms with Crippen LogP contribution in [0.15, 0.2) is 36.5 Å². The number of aryl methyl sites for hydroxylation is 1. The Morgan fingerprint density at radius 2 is 2.00 bits per heavy atom. The second-order valence-electron chi connectivity index (χ2n) is 6.50. The maximum atomic E-state index is 12.7. The maximum absolute atomic E-state index is 12.7. The first kappa shape index (κ1) is 19.0. The van der Waals surface area contributed by atoms with Crippen molar-refractivity contribution in [3.05, 3.63) is 52.7 Å². The molecule has 1 aromatic heterocycles. The predicted molar refractivity (Wildman–Crippen MR) is 104 cm³/mol. The van der Waals surface area contributed by atoms with Crippen LogP contribution in [0.3, 0.4) is 0 Å². The zero-order chi connectivity index (χ0) is 19.4. The van der Waals surface area contributed by atoms with Crippen LogP contribution < -0.4 is 9.64 Å². The molecule has 1 aliphatic heterocycles. The van der Waals surface area contributed by atoms with E-state index in [1.165, 1.54) is 0 Å². The van der Waals surface area contributed by atoms with Crippen molar-refractivity contribution in [2.75, 3.05) is 31.1 Å². The number of aromatic nitrogens is 1. The Morgan fingerprint density at radius 3 is 2.67 bits per heavy atom. The Balaban J connectivity index is 1.57. The fourth-order valence-electron chi connectivity index (χ4n) is 3.02. The molecule has 0 aliphatic carbocycles. The van der Waals surface area contributed by atoms with Crippen molar-refractivity contribution in [2.45, 2.75) is 20.0 Å². The molecule has 1 aliphatic rings. The fraction of sp³-hybridized carbons (Fsp3) is 0.350. The summed E-state index contributed by atoms with van der Waals surface area (Å²) in [7, 11) is 0. The largest absolute Gasteiger partial charge is 0.481 e. The normalized spacial score (nSPS) is 15.2. The van der Waals surface area contributed by atoms with E-state index in [-0.39, 0.29) is 5.91 Å². The van der Waals surface area contributed by atoms with Crippen molar-refractivity contribution >= 4 is 23.3 Å². The number of carbonyl (C=O) groups is 1. The predicted octanol–water partition coefficient (Wildman–Crippen LogP) is 3.03. The minimum absolute atomic E-state index is 0.0408. The summed E-state index contributed by atoms with van der Waals surface area (Å²) in [6.07, 6.45) is 1.06. The number of pyridine rings is 1. The van der Waals surface area contributed by atoms with E-state index < -0.39 is 6.10 Å². The van der Waals surface area contributed by atoms with E-state index in [0.29, 0.717) is 42.5 Å². The SMILES string of the molecule is Cc1cc(OC(C)C(=O)N2CCN(c3cc(C#N)ccn3)CC2)ccc1Cl. The molecule has 0 bridgehead atoms. The van der Waals surface area contributed by atoms with Gasteiger partial charge in [0, 0.05) is 37.4 Å². The number of carbonyl (C=O) groups excluding carboxylic acids is 1. The van der Waals surface area contributed by atoms with Crippen molar-refractivity contribution in [2.24, 2.45) is 0 Å². The zero-order valence-corrected chi connectivity index (χ0v) is 16.1. The van der Waals surface area contributed by atoms with Crippen molar-refractivity contribution < 1.29 is 9.53 Å². The molecule has 27 heavy (non-hydrogen) atoms. The molecule has 0 N–H and O–H groups in total. The molecule has 1 unspecified atom stereocenters. The number of amides is 1. The van der Waals surface area contributed by atoms with Crippen LogP contribution in [0.5, 0.6) is 5.75 Å². The monoisotopic (exact) mass is 384 g/mol. The highest BCUT2D eigenvalue weighted by Gasteiger charge is 2.26. The van der Waals surface area contributed by atoms with Gasteiger partial charge in [0.15, 0.2) is 6.10 Å². The molecule has 2 aromatic rings. The third-order valence-electron chi connectivity index (χ3n) is 4.58. The summed E-state index contributed by atoms with van der Waals surface area (Å²) in [5, 5.41) is 9.69. The number of benzene rings is 1. The van der Waals surface area contributed by atoms with Gasteiger partial charge in [-0.25, -0.2) is 4.98 Å². The zero-order valence-electron chi connectivity index (χ0n) is 15.4. The second-order valence-corrected chi connectivity index (χ2v) is 6.91. The first-order valence-electron chi connectivity index (χ1n) is 8.80. The lowest BCUT2D eigenvalue weighted by Crippen LogP contribution is -2.52. The number of nitriles is 1. The number of rotatable bonds is 4. The minimum Gasteiger partial charge on any atom is -0.481 e. The van der Waals surface area contributed by atoms with E-state index >= 15 is 0 Å². The van der Waals surface area contributed by atoms with Crippen LogP contribution in [0.2, 0.25) is 5.02 Å². The van der Waals surface area contributed by atoms with Crippen LogP contribution in [0.25, 0.3) is 0 Å². The topological polar surface area (TPSA) is 69.5 Å². The van der Waals surface area contributed by atoms with E-state index in [4.69, 9.17) is 21.6 Å². The minimum atomic E-state index is -0.572. The van der Waals surface area contributed by atoms with Crippen LogP contribution in [0.4, 0.5) is 5.82 Å². The van der Waals surface area contributed by atoms with E-state index in [2.05, 4.69) is 16.0 Å². The molecule has 140 valence electrons. The molecule has 6 nitrogen and oxygen atoms in total. The molecule has 0 saturated carbocycles. The van der Waals surface area contributed by atoms with Crippen molar-refractivity contribution in [3.8, 4) is 11.8 Å². The van der Waals surface area contributed by atoms with Gasteiger partial charge in [-0.3, -0.25) is 4.79 Å². The van der Waals surface area contributed by atoms with Gasteiger partial charge in [0.25, 0.3) is 5.91 Å². The van der Waals surface area contributed by atoms with Gasteiger partial charge in [-0.1, -0.05) is 11.6 Å². The average molecular weight is 385 g/mol. The summed E-state index contributed by atoms with van der Waals surface area (Å²) < 4.78 is 5.80. The molecule has 3 rings (SSSR count). The molecule has 0 radical (unpaired) electrons. The van der Waals surface area contributed by atoms with Crippen LogP contribution >= 0.6 is 11.6 Å². The van der Waals surface area contributed by atoms with Crippen molar-refractivity contribution in [1.82, 2.24) is 9.88 Å². The summed E-state index contributed by atoms with van der Waals surface area (Å²) in [5.74, 6) is 1.36. The first-order chi connectivity index (χ1) is 13.0. The molecule has 1 atom stereocenters. The lowest BCUT2D eigenvalue weighted by atomic mass is 10.2. The van der Waals surface area contributed by atoms with Gasteiger partial charge in [0.1, 0.15) is 11.6 Å². The average Bonchev–Trinajstić information content (AvgIpc) is 2.70. The smallest absolute Gasteiger partial charge is 0.263 e. The number of anilines is 1. The summed E-state index contributed by atoms with van der Waals surface area (Å²) >= 11 is 6.03. The lowest BCUT2D eigenvalue weighted by molar-refractivity contribution is -0.138. The van der Waals surface area contributed by atoms with Gasteiger partial charge < -0.3 is 14.5 Å². The molecule has 1 amide bonds. The molecule has 0 spiro atoms. The van der Waals surface area contributed by atoms with Crippen LogP contribution in [0, 0.1) is 18.3 Å². The van der Waals surface area contributed by atoms with Crippen LogP contribution in [-0.4, -0.2) is 48.1 Å². The standard InChI is InChI=1S/C20H21ClN4O2/c1-14-11-17(3-4-18(14)21)27-15(2)20(26)25-9-7-24(8-10-25)19-12-16(13-22)5-6-23-19/h3-6,11-12,15H,7-10H2,1-2H3. The van der Waals surface area contributed by atoms with Gasteiger partial charge >= 0.3 is 0 Å². The summed E-state index contributed by atoms with van der Waals surface area (Å²) in [4.78, 5) is 20.9. The van der Waals surface area contributed by atoms with Crippen molar-refractivity contribution in [1.29, 1.82) is 5.26 Å². The van der Waals surface area contributed by atoms with Crippen LogP contribution in [-0.2, 0) is 4.79 Å². The van der Waals surface area contributed by atoms with Gasteiger partial charge in [-0.05, 0) is 49.7 Å². The molecule has 1 fully saturated rings. The molecular weight excluding hydrogens is 364 g/mol. The van der Waals surface area contributed by atoms with E-state index in [0.717, 1.165) is 11.4 Å². The van der Waals surface area contributed by atoms with Gasteiger partial charge in [0.2, 0.25) is 0 Å². The second kappa shape index (κ2) is 8.28. The number of hydrogen-bond donors (Lipinski definition) is 0. The highest BCUT2D eigenvalue weighted by atomic mass is 35.5. The van der Waals surface area contributed by atoms with Gasteiger partial charge in [-0.15, -0.1) is 0 Å². The highest BCUT2D eigenvalue weighted by Crippen LogP contribution is 2.22. The Bertz CT molecular complexity index is 873. The van der Waals surface area contributed by atoms with Crippen molar-refractivity contribution in [3.63, 3.8) is 0 Å². The molecule has 2 heterocycles. The van der Waals surface area contributed by atoms with E-state index in [1.807, 2.05) is 13.0 Å². The summed E-state index contributed by atoms with van der Waals surface area (Å²) in [6, 6.07) is 10.9. The number of hydrogen-bond acceptors (Lipinski definition) is 5. The Morgan fingerprint density at radius 1 is 1.26 bits per heavy atom. The first-order valence-corrected chi connectivity index (χ1v) is 9.18. The van der Waals surface area contributed by atoms with E-state index in [9.17, 15) is 4.79 Å². The quantitative estimate of drug-likeness (QED) is 0.810. The van der Waals surface area contributed by atoms with Gasteiger partial charge in [0.05, 0.1) is 11.6 Å². The van der Waals surface area contributed by atoms with Crippen LogP contribution in [0.1, 0.15) is 18.1 Å². The lowest BCUT2D eigenvalue weighted by Gasteiger charge is -2.36. The summed E-state index contributed by atoms with van der Waals surface area (Å²) in [5.41, 5.74) is 1.49. The Hall–Kier alpha value is -2.78. The molecule has 1 aromatic carbocycles. The maximum Gasteiger partial charge on any atom is 0.263 e. The summed E-state index contributed by atoms with van der Waals surface area (Å²) in [6.45, 7) is 6.17. The highest BCUT2D eigenvalue weighted by molar-refractivity contribution is 6.31. The number of ether oxygens (including phenoxy) is 1. The van der Waals surface area contributed by atoms with E-state index in [1.54, 1.807) is 42.3 Å².